The van der Waals surface area contributed by atoms with Gasteiger partial charge in [-0.3, -0.25) is 9.59 Å². The molecule has 0 saturated heterocycles. The number of carbonyl (C=O) groups excluding carboxylic acids is 2. The molecule has 28 heavy (non-hydrogen) atoms. The lowest BCUT2D eigenvalue weighted by Gasteiger charge is -2.05. The molecule has 2 N–H and O–H groups in total. The Kier molecular flexibility index (Phi) is 7.02. The number of benzene rings is 2. The average Bonchev–Trinajstić information content (AvgIpc) is 3.14. The first-order valence-corrected chi connectivity index (χ1v) is 10.5. The molecule has 0 aliphatic heterocycles. The van der Waals surface area contributed by atoms with Gasteiger partial charge in [0.25, 0.3) is 5.91 Å². The summed E-state index contributed by atoms with van der Waals surface area (Å²) in [6, 6.07) is 14.8. The second kappa shape index (κ2) is 9.68. The Hall–Kier alpha value is -2.42. The van der Waals surface area contributed by atoms with Gasteiger partial charge in [-0.15, -0.1) is 10.2 Å². The maximum absolute atomic E-state index is 12.2. The Balaban J connectivity index is 1.47. The fourth-order valence-electron chi connectivity index (χ4n) is 2.31. The van der Waals surface area contributed by atoms with Crippen LogP contribution >= 0.6 is 34.7 Å². The number of rotatable bonds is 7. The van der Waals surface area contributed by atoms with Gasteiger partial charge in [0.2, 0.25) is 10.9 Å². The lowest BCUT2D eigenvalue weighted by Crippen LogP contribution is -2.24. The van der Waals surface area contributed by atoms with E-state index in [0.717, 1.165) is 22.5 Å². The van der Waals surface area contributed by atoms with Gasteiger partial charge in [-0.2, -0.15) is 0 Å². The standard InChI is InChI=1S/C19H17ClN4O2S2/c1-12-4-2-5-13(8-12)10-21-16(25)11-27-19-24-23-18(28-19)17(26)22-15-7-3-6-14(20)9-15/h2-9H,10-11H2,1H3,(H,21,25)(H,22,26). The topological polar surface area (TPSA) is 84.0 Å². The van der Waals surface area contributed by atoms with Crippen molar-refractivity contribution in [3.8, 4) is 0 Å². The van der Waals surface area contributed by atoms with Gasteiger partial charge < -0.3 is 10.6 Å². The molecule has 0 radical (unpaired) electrons. The first-order valence-electron chi connectivity index (χ1n) is 8.35. The van der Waals surface area contributed by atoms with Gasteiger partial charge in [-0.1, -0.05) is 70.6 Å². The number of carbonyl (C=O) groups is 2. The van der Waals surface area contributed by atoms with E-state index >= 15 is 0 Å². The van der Waals surface area contributed by atoms with E-state index in [2.05, 4.69) is 20.8 Å². The van der Waals surface area contributed by atoms with Crippen molar-refractivity contribution >= 4 is 52.2 Å². The second-order valence-corrected chi connectivity index (χ2v) is 8.53. The molecule has 9 heteroatoms. The largest absolute Gasteiger partial charge is 0.351 e. The van der Waals surface area contributed by atoms with Gasteiger partial charge >= 0.3 is 0 Å². The van der Waals surface area contributed by atoms with Crippen LogP contribution in [0.1, 0.15) is 20.9 Å². The molecule has 144 valence electrons. The van der Waals surface area contributed by atoms with Crippen LogP contribution in [0, 0.1) is 6.92 Å². The van der Waals surface area contributed by atoms with Gasteiger partial charge in [-0.25, -0.2) is 0 Å². The molecule has 0 unspecified atom stereocenters. The number of nitrogens with one attached hydrogen (secondary N) is 2. The highest BCUT2D eigenvalue weighted by atomic mass is 35.5. The maximum Gasteiger partial charge on any atom is 0.286 e. The van der Waals surface area contributed by atoms with Crippen molar-refractivity contribution in [3.63, 3.8) is 0 Å². The summed E-state index contributed by atoms with van der Waals surface area (Å²) < 4.78 is 0.557. The van der Waals surface area contributed by atoms with E-state index in [1.165, 1.54) is 11.8 Å². The van der Waals surface area contributed by atoms with Crippen LogP contribution in [-0.2, 0) is 11.3 Å². The molecule has 1 heterocycles. The van der Waals surface area contributed by atoms with E-state index in [4.69, 9.17) is 11.6 Å². The molecule has 0 spiro atoms. The van der Waals surface area contributed by atoms with Crippen LogP contribution in [0.2, 0.25) is 5.02 Å². The average molecular weight is 433 g/mol. The van der Waals surface area contributed by atoms with Crippen molar-refractivity contribution in [2.45, 2.75) is 17.8 Å². The predicted octanol–water partition coefficient (Wildman–Crippen LogP) is 4.16. The first kappa shape index (κ1) is 20.3. The number of hydrogen-bond acceptors (Lipinski definition) is 6. The minimum absolute atomic E-state index is 0.105. The number of aryl methyl sites for hydroxylation is 1. The van der Waals surface area contributed by atoms with Crippen LogP contribution in [0.4, 0.5) is 5.69 Å². The molecule has 0 aliphatic carbocycles. The van der Waals surface area contributed by atoms with E-state index in [0.29, 0.717) is 21.6 Å². The highest BCUT2D eigenvalue weighted by Crippen LogP contribution is 2.23. The summed E-state index contributed by atoms with van der Waals surface area (Å²) >= 11 is 8.29. The van der Waals surface area contributed by atoms with E-state index < -0.39 is 0 Å². The number of anilines is 1. The highest BCUT2D eigenvalue weighted by Gasteiger charge is 2.14. The molecular formula is C19H17ClN4O2S2. The Morgan fingerprint density at radius 2 is 1.96 bits per heavy atom. The summed E-state index contributed by atoms with van der Waals surface area (Å²) in [7, 11) is 0. The van der Waals surface area contributed by atoms with Crippen LogP contribution in [-0.4, -0.2) is 27.8 Å². The zero-order valence-electron chi connectivity index (χ0n) is 14.9. The minimum atomic E-state index is -0.365. The SMILES string of the molecule is Cc1cccc(CNC(=O)CSc2nnc(C(=O)Nc3cccc(Cl)c3)s2)c1. The molecule has 0 fully saturated rings. The molecule has 6 nitrogen and oxygen atoms in total. The van der Waals surface area contributed by atoms with Crippen LogP contribution in [0.25, 0.3) is 0 Å². The zero-order valence-corrected chi connectivity index (χ0v) is 17.3. The molecular weight excluding hydrogens is 416 g/mol. The molecule has 2 aromatic carbocycles. The highest BCUT2D eigenvalue weighted by molar-refractivity contribution is 8.01. The fraction of sp³-hybridized carbons (Fsp3) is 0.158. The number of amides is 2. The van der Waals surface area contributed by atoms with Crippen molar-refractivity contribution in [2.24, 2.45) is 0 Å². The van der Waals surface area contributed by atoms with Crippen molar-refractivity contribution in [3.05, 3.63) is 69.7 Å². The van der Waals surface area contributed by atoms with E-state index in [1.807, 2.05) is 31.2 Å². The molecule has 3 rings (SSSR count). The fourth-order valence-corrected chi connectivity index (χ4v) is 4.08. The van der Waals surface area contributed by atoms with E-state index in [1.54, 1.807) is 24.3 Å². The number of hydrogen-bond donors (Lipinski definition) is 2. The van der Waals surface area contributed by atoms with Gasteiger partial charge in [0.15, 0.2) is 4.34 Å². The second-order valence-electron chi connectivity index (χ2n) is 5.89. The Morgan fingerprint density at radius 1 is 1.14 bits per heavy atom. The van der Waals surface area contributed by atoms with Gasteiger partial charge in [0.05, 0.1) is 5.75 Å². The van der Waals surface area contributed by atoms with Gasteiger partial charge in [0, 0.05) is 17.3 Å². The van der Waals surface area contributed by atoms with Crippen molar-refractivity contribution in [1.29, 1.82) is 0 Å². The number of thioether (sulfide) groups is 1. The summed E-state index contributed by atoms with van der Waals surface area (Å²) in [5.74, 6) is -0.266. The number of aromatic nitrogens is 2. The van der Waals surface area contributed by atoms with Gasteiger partial charge in [-0.05, 0) is 30.7 Å². The smallest absolute Gasteiger partial charge is 0.286 e. The molecule has 0 aliphatic rings. The van der Waals surface area contributed by atoms with Crippen LogP contribution < -0.4 is 10.6 Å². The Morgan fingerprint density at radius 3 is 2.75 bits per heavy atom. The van der Waals surface area contributed by atoms with Crippen LogP contribution in [0.15, 0.2) is 52.9 Å². The van der Waals surface area contributed by atoms with E-state index in [-0.39, 0.29) is 22.6 Å². The van der Waals surface area contributed by atoms with Crippen molar-refractivity contribution in [2.75, 3.05) is 11.1 Å². The van der Waals surface area contributed by atoms with Crippen LogP contribution in [0.5, 0.6) is 0 Å². The third kappa shape index (κ3) is 6.05. The quantitative estimate of drug-likeness (QED) is 0.547. The predicted molar refractivity (Wildman–Crippen MR) is 113 cm³/mol. The summed E-state index contributed by atoms with van der Waals surface area (Å²) in [5, 5.41) is 14.2. The Bertz CT molecular complexity index is 993. The van der Waals surface area contributed by atoms with Crippen molar-refractivity contribution < 1.29 is 9.59 Å². The van der Waals surface area contributed by atoms with Gasteiger partial charge in [0.1, 0.15) is 0 Å². The number of nitrogens with zero attached hydrogens (tertiary/aromatic N) is 2. The van der Waals surface area contributed by atoms with Crippen LogP contribution in [0.3, 0.4) is 0 Å². The lowest BCUT2D eigenvalue weighted by atomic mass is 10.1. The summed E-state index contributed by atoms with van der Waals surface area (Å²) in [4.78, 5) is 24.2. The summed E-state index contributed by atoms with van der Waals surface area (Å²) in [6.45, 7) is 2.49. The summed E-state index contributed by atoms with van der Waals surface area (Å²) in [5.41, 5.74) is 2.78. The molecule has 0 atom stereocenters. The molecule has 2 amide bonds. The normalized spacial score (nSPS) is 10.5. The first-order chi connectivity index (χ1) is 13.5. The Labute approximate surface area is 175 Å². The summed E-state index contributed by atoms with van der Waals surface area (Å²) in [6.07, 6.45) is 0. The van der Waals surface area contributed by atoms with Crippen molar-refractivity contribution in [1.82, 2.24) is 15.5 Å². The zero-order chi connectivity index (χ0) is 19.9. The molecule has 1 aromatic heterocycles. The maximum atomic E-state index is 12.2. The lowest BCUT2D eigenvalue weighted by molar-refractivity contribution is -0.118. The molecule has 0 bridgehead atoms. The van der Waals surface area contributed by atoms with E-state index in [9.17, 15) is 9.59 Å². The number of halogens is 1. The third-order valence-electron chi connectivity index (χ3n) is 3.58. The third-order valence-corrected chi connectivity index (χ3v) is 5.87. The monoisotopic (exact) mass is 432 g/mol. The molecule has 3 aromatic rings. The molecule has 0 saturated carbocycles. The minimum Gasteiger partial charge on any atom is -0.351 e.